The topological polar surface area (TPSA) is 69.9 Å². The van der Waals surface area contributed by atoms with Crippen molar-refractivity contribution in [3.63, 3.8) is 0 Å². The summed E-state index contributed by atoms with van der Waals surface area (Å²) in [6.07, 6.45) is 1.40. The van der Waals surface area contributed by atoms with Gasteiger partial charge in [0, 0.05) is 26.1 Å². The first kappa shape index (κ1) is 22.0. The van der Waals surface area contributed by atoms with Crippen molar-refractivity contribution in [1.82, 2.24) is 20.0 Å². The van der Waals surface area contributed by atoms with E-state index in [0.29, 0.717) is 17.3 Å². The van der Waals surface area contributed by atoms with Crippen LogP contribution in [-0.4, -0.2) is 38.5 Å². The van der Waals surface area contributed by atoms with Gasteiger partial charge >= 0.3 is 6.18 Å². The van der Waals surface area contributed by atoms with Crippen molar-refractivity contribution in [2.45, 2.75) is 43.7 Å². The highest BCUT2D eigenvalue weighted by Crippen LogP contribution is 2.40. The van der Waals surface area contributed by atoms with Crippen LogP contribution in [0.15, 0.2) is 48.8 Å². The van der Waals surface area contributed by atoms with Crippen LogP contribution in [0.5, 0.6) is 5.75 Å². The molecule has 1 aromatic carbocycles. The van der Waals surface area contributed by atoms with E-state index in [9.17, 15) is 18.0 Å². The van der Waals surface area contributed by atoms with Gasteiger partial charge in [0.1, 0.15) is 11.5 Å². The first-order valence-electron chi connectivity index (χ1n) is 10.4. The number of benzene rings is 1. The molecule has 0 amide bonds. The molecule has 4 rings (SSSR count). The van der Waals surface area contributed by atoms with Crippen LogP contribution in [0.3, 0.4) is 0 Å². The predicted molar refractivity (Wildman–Crippen MR) is 110 cm³/mol. The molecule has 0 spiro atoms. The highest BCUT2D eigenvalue weighted by Gasteiger charge is 2.29. The fourth-order valence-corrected chi connectivity index (χ4v) is 3.59. The third-order valence-corrected chi connectivity index (χ3v) is 5.36. The molecule has 1 aliphatic carbocycles. The summed E-state index contributed by atoms with van der Waals surface area (Å²) in [5.41, 5.74) is 3.35. The van der Waals surface area contributed by atoms with E-state index < -0.39 is 18.7 Å². The minimum atomic E-state index is -4.43. The number of halogens is 3. The van der Waals surface area contributed by atoms with E-state index in [1.54, 1.807) is 19.3 Å². The van der Waals surface area contributed by atoms with E-state index in [1.165, 1.54) is 35.4 Å². The van der Waals surface area contributed by atoms with Crippen molar-refractivity contribution in [1.29, 1.82) is 0 Å². The second kappa shape index (κ2) is 9.10. The van der Waals surface area contributed by atoms with Gasteiger partial charge in [-0.25, -0.2) is 0 Å². The zero-order valence-corrected chi connectivity index (χ0v) is 17.5. The van der Waals surface area contributed by atoms with Gasteiger partial charge in [-0.15, -0.1) is 5.10 Å². The minimum Gasteiger partial charge on any atom is -0.483 e. The lowest BCUT2D eigenvalue weighted by Crippen LogP contribution is -2.19. The van der Waals surface area contributed by atoms with Crippen molar-refractivity contribution in [3.05, 3.63) is 71.3 Å². The van der Waals surface area contributed by atoms with Gasteiger partial charge in [0.15, 0.2) is 6.61 Å². The SMILES string of the molecule is Cn1cc([C@@H](CC(=O)Cc2ccc(C3CC3)cc2)c2ccc(OCC(F)(F)F)cn2)nn1. The van der Waals surface area contributed by atoms with Gasteiger partial charge in [-0.3, -0.25) is 14.5 Å². The van der Waals surface area contributed by atoms with E-state index in [-0.39, 0.29) is 24.4 Å². The maximum Gasteiger partial charge on any atom is 0.422 e. The number of hydrogen-bond donors (Lipinski definition) is 0. The molecular formula is C23H23F3N4O2. The molecule has 6 nitrogen and oxygen atoms in total. The number of nitrogens with zero attached hydrogens (tertiary/aromatic N) is 4. The number of carbonyl (C=O) groups is 1. The lowest BCUT2D eigenvalue weighted by atomic mass is 9.92. The Kier molecular flexibility index (Phi) is 6.25. The molecule has 1 atom stereocenters. The summed E-state index contributed by atoms with van der Waals surface area (Å²) in [6, 6.07) is 11.1. The van der Waals surface area contributed by atoms with Crippen molar-refractivity contribution in [2.24, 2.45) is 7.05 Å². The van der Waals surface area contributed by atoms with Crippen molar-refractivity contribution < 1.29 is 22.7 Å². The van der Waals surface area contributed by atoms with E-state index in [4.69, 9.17) is 4.74 Å². The van der Waals surface area contributed by atoms with Crippen LogP contribution in [0, 0.1) is 0 Å². The fourth-order valence-electron chi connectivity index (χ4n) is 3.59. The molecule has 1 saturated carbocycles. The molecule has 1 aliphatic rings. The van der Waals surface area contributed by atoms with E-state index in [2.05, 4.69) is 27.4 Å². The van der Waals surface area contributed by atoms with Gasteiger partial charge in [-0.05, 0) is 42.0 Å². The monoisotopic (exact) mass is 444 g/mol. The predicted octanol–water partition coefficient (Wildman–Crippen LogP) is 4.36. The highest BCUT2D eigenvalue weighted by molar-refractivity contribution is 5.82. The summed E-state index contributed by atoms with van der Waals surface area (Å²) in [7, 11) is 1.72. The second-order valence-electron chi connectivity index (χ2n) is 8.13. The molecule has 1 fully saturated rings. The Morgan fingerprint density at radius 3 is 2.47 bits per heavy atom. The molecule has 0 unspecified atom stereocenters. The molecule has 0 N–H and O–H groups in total. The molecule has 3 aromatic rings. The van der Waals surface area contributed by atoms with Crippen LogP contribution in [0.1, 0.15) is 53.6 Å². The third-order valence-electron chi connectivity index (χ3n) is 5.36. The van der Waals surface area contributed by atoms with E-state index >= 15 is 0 Å². The molecule has 0 saturated heterocycles. The lowest BCUT2D eigenvalue weighted by Gasteiger charge is -2.14. The Labute approximate surface area is 183 Å². The van der Waals surface area contributed by atoms with Crippen LogP contribution >= 0.6 is 0 Å². The lowest BCUT2D eigenvalue weighted by molar-refractivity contribution is -0.153. The summed E-state index contributed by atoms with van der Waals surface area (Å²) < 4.78 is 43.3. The number of ketones is 1. The number of pyridine rings is 1. The smallest absolute Gasteiger partial charge is 0.422 e. The average Bonchev–Trinajstić information content (AvgIpc) is 3.52. The molecule has 2 heterocycles. The Morgan fingerprint density at radius 2 is 1.91 bits per heavy atom. The van der Waals surface area contributed by atoms with Gasteiger partial charge in [-0.1, -0.05) is 29.5 Å². The van der Waals surface area contributed by atoms with Gasteiger partial charge in [0.2, 0.25) is 0 Å². The number of ether oxygens (including phenoxy) is 1. The third kappa shape index (κ3) is 5.93. The van der Waals surface area contributed by atoms with Gasteiger partial charge in [-0.2, -0.15) is 13.2 Å². The normalized spacial score (nSPS) is 14.9. The standard InChI is InChI=1S/C23H23F3N4O2/c1-30-13-22(28-29-30)20(21-9-8-19(12-27-21)32-14-23(24,25)26)11-18(31)10-15-2-4-16(5-3-15)17-6-7-17/h2-5,8-9,12-13,17,20H,6-7,10-11,14H2,1H3/t20-/m0/s1. The van der Waals surface area contributed by atoms with Crippen molar-refractivity contribution >= 4 is 5.78 Å². The average molecular weight is 444 g/mol. The van der Waals surface area contributed by atoms with Crippen molar-refractivity contribution in [2.75, 3.05) is 6.61 Å². The first-order valence-corrected chi connectivity index (χ1v) is 10.4. The van der Waals surface area contributed by atoms with Gasteiger partial charge in [0.05, 0.1) is 23.5 Å². The van der Waals surface area contributed by atoms with Crippen LogP contribution in [0.2, 0.25) is 0 Å². The Hall–Kier alpha value is -3.23. The number of alkyl halides is 3. The fraction of sp³-hybridized carbons (Fsp3) is 0.391. The molecule has 9 heteroatoms. The summed E-state index contributed by atoms with van der Waals surface area (Å²) in [5, 5.41) is 8.06. The van der Waals surface area contributed by atoms with Gasteiger partial charge in [0.25, 0.3) is 0 Å². The van der Waals surface area contributed by atoms with Gasteiger partial charge < -0.3 is 4.74 Å². The van der Waals surface area contributed by atoms with Crippen LogP contribution in [0.25, 0.3) is 0 Å². The number of aromatic nitrogens is 4. The maximum absolute atomic E-state index is 12.9. The first-order chi connectivity index (χ1) is 15.3. The summed E-state index contributed by atoms with van der Waals surface area (Å²) in [4.78, 5) is 17.1. The quantitative estimate of drug-likeness (QED) is 0.490. The molecule has 32 heavy (non-hydrogen) atoms. The van der Waals surface area contributed by atoms with Crippen LogP contribution < -0.4 is 4.74 Å². The maximum atomic E-state index is 12.9. The molecule has 2 aromatic heterocycles. The molecule has 0 aliphatic heterocycles. The number of Topliss-reactive ketones (excluding diaryl/α,β-unsaturated/α-hetero) is 1. The second-order valence-corrected chi connectivity index (χ2v) is 8.13. The molecule has 0 radical (unpaired) electrons. The molecule has 0 bridgehead atoms. The van der Waals surface area contributed by atoms with E-state index in [1.807, 2.05) is 12.1 Å². The summed E-state index contributed by atoms with van der Waals surface area (Å²) in [5.74, 6) is 0.221. The summed E-state index contributed by atoms with van der Waals surface area (Å²) in [6.45, 7) is -1.39. The number of rotatable bonds is 9. The van der Waals surface area contributed by atoms with E-state index in [0.717, 1.165) is 5.56 Å². The largest absolute Gasteiger partial charge is 0.483 e. The highest BCUT2D eigenvalue weighted by atomic mass is 19.4. The Bertz CT molecular complexity index is 1060. The zero-order chi connectivity index (χ0) is 22.7. The molecule has 168 valence electrons. The minimum absolute atomic E-state index is 0.00560. The number of aryl methyl sites for hydroxylation is 1. The van der Waals surface area contributed by atoms with Crippen molar-refractivity contribution in [3.8, 4) is 5.75 Å². The van der Waals surface area contributed by atoms with Crippen LogP contribution in [0.4, 0.5) is 13.2 Å². The Balaban J connectivity index is 1.46. The van der Waals surface area contributed by atoms with Crippen LogP contribution in [-0.2, 0) is 18.3 Å². The number of hydrogen-bond acceptors (Lipinski definition) is 5. The Morgan fingerprint density at radius 1 is 1.16 bits per heavy atom. The number of carbonyl (C=O) groups excluding carboxylic acids is 1. The molecular weight excluding hydrogens is 421 g/mol. The summed E-state index contributed by atoms with van der Waals surface area (Å²) >= 11 is 0. The zero-order valence-electron chi connectivity index (χ0n) is 17.5.